The molecule has 0 aromatic heterocycles. The van der Waals surface area contributed by atoms with Gasteiger partial charge in [0.2, 0.25) is 5.91 Å². The topological polar surface area (TPSA) is 67.9 Å². The van der Waals surface area contributed by atoms with E-state index >= 15 is 0 Å². The van der Waals surface area contributed by atoms with Gasteiger partial charge >= 0.3 is 0 Å². The first kappa shape index (κ1) is 28.5. The highest BCUT2D eigenvalue weighted by Gasteiger charge is 2.32. The molecule has 1 atom stereocenters. The summed E-state index contributed by atoms with van der Waals surface area (Å²) >= 11 is 6.32. The summed E-state index contributed by atoms with van der Waals surface area (Å²) in [5.41, 5.74) is 3.61. The van der Waals surface area contributed by atoms with Crippen molar-refractivity contribution in [2.75, 3.05) is 13.7 Å². The highest BCUT2D eigenvalue weighted by molar-refractivity contribution is 6.32. The number of hydrogen-bond donors (Lipinski definition) is 1. The van der Waals surface area contributed by atoms with E-state index in [4.69, 9.17) is 21.1 Å². The molecule has 1 saturated carbocycles. The number of ether oxygens (including phenoxy) is 2. The lowest BCUT2D eigenvalue weighted by atomic mass is 10.0. The quantitative estimate of drug-likeness (QED) is 0.317. The summed E-state index contributed by atoms with van der Waals surface area (Å²) in [4.78, 5) is 29.3. The van der Waals surface area contributed by atoms with Crippen LogP contribution in [0.3, 0.4) is 0 Å². The molecule has 0 bridgehead atoms. The number of halogens is 1. The molecule has 6 nitrogen and oxygen atoms in total. The molecule has 4 rings (SSSR count). The number of carbonyl (C=O) groups excluding carboxylic acids is 2. The molecule has 0 unspecified atom stereocenters. The molecule has 7 heteroatoms. The van der Waals surface area contributed by atoms with Crippen LogP contribution < -0.4 is 14.8 Å². The first-order chi connectivity index (χ1) is 18.8. The summed E-state index contributed by atoms with van der Waals surface area (Å²) < 4.78 is 11.4. The monoisotopic (exact) mass is 548 g/mol. The van der Waals surface area contributed by atoms with E-state index in [1.165, 1.54) is 0 Å². The fraction of sp³-hybridized carbons (Fsp3) is 0.375. The van der Waals surface area contributed by atoms with Gasteiger partial charge in [-0.15, -0.1) is 0 Å². The van der Waals surface area contributed by atoms with Gasteiger partial charge in [-0.2, -0.15) is 0 Å². The van der Waals surface area contributed by atoms with Crippen LogP contribution in [0, 0.1) is 13.8 Å². The third-order valence-corrected chi connectivity index (χ3v) is 7.83. The molecule has 1 aliphatic carbocycles. The maximum absolute atomic E-state index is 13.8. The van der Waals surface area contributed by atoms with E-state index in [-0.39, 0.29) is 31.0 Å². The minimum absolute atomic E-state index is 0.139. The van der Waals surface area contributed by atoms with Gasteiger partial charge in [-0.1, -0.05) is 66.9 Å². The standard InChI is InChI=1S/C32H37ClN2O4/c1-22-16-28(17-23(2)31(22)33)39-21-30(36)35(20-25-12-9-15-27(18-25)38-3)29(19-24-10-5-4-6-11-24)32(37)34-26-13-7-8-14-26/h4-6,9-12,15-18,26,29H,7-8,13-14,19-21H2,1-3H3,(H,34,37)/t29-/m1/s1. The Balaban J connectivity index is 1.63. The number of methoxy groups -OCH3 is 1. The Labute approximate surface area is 236 Å². The van der Waals surface area contributed by atoms with E-state index in [2.05, 4.69) is 5.32 Å². The van der Waals surface area contributed by atoms with E-state index in [1.54, 1.807) is 12.0 Å². The van der Waals surface area contributed by atoms with Crippen molar-refractivity contribution in [3.8, 4) is 11.5 Å². The molecule has 0 heterocycles. The Morgan fingerprint density at radius 1 is 0.949 bits per heavy atom. The highest BCUT2D eigenvalue weighted by atomic mass is 35.5. The molecule has 1 aliphatic rings. The fourth-order valence-corrected chi connectivity index (χ4v) is 5.22. The highest BCUT2D eigenvalue weighted by Crippen LogP contribution is 2.26. The van der Waals surface area contributed by atoms with Gasteiger partial charge in [-0.25, -0.2) is 0 Å². The molecule has 0 spiro atoms. The van der Waals surface area contributed by atoms with E-state index in [0.29, 0.717) is 22.9 Å². The first-order valence-corrected chi connectivity index (χ1v) is 13.9. The zero-order chi connectivity index (χ0) is 27.8. The summed E-state index contributed by atoms with van der Waals surface area (Å²) in [6.07, 6.45) is 4.54. The molecule has 2 amide bonds. The molecule has 0 aliphatic heterocycles. The lowest BCUT2D eigenvalue weighted by Gasteiger charge is -2.32. The summed E-state index contributed by atoms with van der Waals surface area (Å²) in [5, 5.41) is 3.91. The van der Waals surface area contributed by atoms with Crippen molar-refractivity contribution in [3.05, 3.63) is 94.0 Å². The molecular weight excluding hydrogens is 512 g/mol. The van der Waals surface area contributed by atoms with Gasteiger partial charge in [-0.05, 0) is 73.2 Å². The van der Waals surface area contributed by atoms with Gasteiger partial charge in [0.05, 0.1) is 7.11 Å². The van der Waals surface area contributed by atoms with Gasteiger partial charge < -0.3 is 19.7 Å². The predicted molar refractivity (Wildman–Crippen MR) is 154 cm³/mol. The van der Waals surface area contributed by atoms with Gasteiger partial charge in [0, 0.05) is 24.0 Å². The Morgan fingerprint density at radius 3 is 2.28 bits per heavy atom. The van der Waals surface area contributed by atoms with Crippen LogP contribution in [0.5, 0.6) is 11.5 Å². The average molecular weight is 549 g/mol. The Bertz CT molecular complexity index is 1250. The second kappa shape index (κ2) is 13.5. The largest absolute Gasteiger partial charge is 0.497 e. The third kappa shape index (κ3) is 7.76. The minimum atomic E-state index is -0.705. The van der Waals surface area contributed by atoms with Crippen LogP contribution in [-0.2, 0) is 22.6 Å². The number of amides is 2. The minimum Gasteiger partial charge on any atom is -0.497 e. The van der Waals surface area contributed by atoms with Gasteiger partial charge in [0.1, 0.15) is 17.5 Å². The van der Waals surface area contributed by atoms with Crippen molar-refractivity contribution >= 4 is 23.4 Å². The smallest absolute Gasteiger partial charge is 0.261 e. The van der Waals surface area contributed by atoms with Crippen molar-refractivity contribution in [1.82, 2.24) is 10.2 Å². The normalized spacial score (nSPS) is 14.1. The summed E-state index contributed by atoms with van der Waals surface area (Å²) in [7, 11) is 1.61. The number of rotatable bonds is 11. The molecule has 39 heavy (non-hydrogen) atoms. The van der Waals surface area contributed by atoms with Crippen molar-refractivity contribution in [1.29, 1.82) is 0 Å². The Hall–Kier alpha value is -3.51. The third-order valence-electron chi connectivity index (χ3n) is 7.23. The second-order valence-electron chi connectivity index (χ2n) is 10.2. The number of benzene rings is 3. The van der Waals surface area contributed by atoms with Crippen molar-refractivity contribution in [3.63, 3.8) is 0 Å². The molecular formula is C32H37ClN2O4. The summed E-state index contributed by atoms with van der Waals surface area (Å²) in [6, 6.07) is 20.5. The van der Waals surface area contributed by atoms with Crippen LogP contribution in [0.2, 0.25) is 5.02 Å². The molecule has 206 valence electrons. The SMILES string of the molecule is COc1cccc(CN(C(=O)COc2cc(C)c(Cl)c(C)c2)[C@H](Cc2ccccc2)C(=O)NC2CCCC2)c1. The summed E-state index contributed by atoms with van der Waals surface area (Å²) in [6.45, 7) is 3.85. The molecule has 0 radical (unpaired) electrons. The van der Waals surface area contributed by atoms with E-state index in [1.807, 2.05) is 80.6 Å². The van der Waals surface area contributed by atoms with Crippen LogP contribution in [0.1, 0.15) is 47.9 Å². The zero-order valence-corrected chi connectivity index (χ0v) is 23.7. The number of hydrogen-bond acceptors (Lipinski definition) is 4. The molecule has 1 fully saturated rings. The van der Waals surface area contributed by atoms with Crippen molar-refractivity contribution in [2.24, 2.45) is 0 Å². The molecule has 0 saturated heterocycles. The molecule has 3 aromatic carbocycles. The zero-order valence-electron chi connectivity index (χ0n) is 22.9. The Morgan fingerprint density at radius 2 is 1.62 bits per heavy atom. The van der Waals surface area contributed by atoms with Gasteiger partial charge in [-0.3, -0.25) is 9.59 Å². The molecule has 3 aromatic rings. The van der Waals surface area contributed by atoms with E-state index in [0.717, 1.165) is 47.9 Å². The number of nitrogens with one attached hydrogen (secondary N) is 1. The van der Waals surface area contributed by atoms with Gasteiger partial charge in [0.25, 0.3) is 5.91 Å². The van der Waals surface area contributed by atoms with Crippen LogP contribution in [0.15, 0.2) is 66.7 Å². The van der Waals surface area contributed by atoms with Crippen LogP contribution in [-0.4, -0.2) is 42.5 Å². The number of carbonyl (C=O) groups is 2. The van der Waals surface area contributed by atoms with Crippen LogP contribution in [0.4, 0.5) is 0 Å². The number of nitrogens with zero attached hydrogens (tertiary/aromatic N) is 1. The fourth-order valence-electron chi connectivity index (χ4n) is 5.11. The summed E-state index contributed by atoms with van der Waals surface area (Å²) in [5.74, 6) is 0.850. The molecule has 1 N–H and O–H groups in total. The van der Waals surface area contributed by atoms with Gasteiger partial charge in [0.15, 0.2) is 6.61 Å². The second-order valence-corrected chi connectivity index (χ2v) is 10.6. The average Bonchev–Trinajstić information content (AvgIpc) is 3.45. The van der Waals surface area contributed by atoms with Crippen molar-refractivity contribution < 1.29 is 19.1 Å². The van der Waals surface area contributed by atoms with Crippen LogP contribution >= 0.6 is 11.6 Å². The van der Waals surface area contributed by atoms with Crippen molar-refractivity contribution in [2.45, 2.75) is 64.6 Å². The lowest BCUT2D eigenvalue weighted by Crippen LogP contribution is -2.53. The first-order valence-electron chi connectivity index (χ1n) is 13.5. The van der Waals surface area contributed by atoms with E-state index in [9.17, 15) is 9.59 Å². The number of aryl methyl sites for hydroxylation is 2. The maximum atomic E-state index is 13.8. The van der Waals surface area contributed by atoms with E-state index < -0.39 is 6.04 Å². The maximum Gasteiger partial charge on any atom is 0.261 e. The Kier molecular flexibility index (Phi) is 9.88. The predicted octanol–water partition coefficient (Wildman–Crippen LogP) is 6.04. The van der Waals surface area contributed by atoms with Crippen LogP contribution in [0.25, 0.3) is 0 Å². The lowest BCUT2D eigenvalue weighted by molar-refractivity contribution is -0.143.